The quantitative estimate of drug-likeness (QED) is 0.775. The van der Waals surface area contributed by atoms with Crippen LogP contribution in [0, 0.1) is 18.3 Å². The van der Waals surface area contributed by atoms with E-state index >= 15 is 0 Å². The first-order valence-corrected chi connectivity index (χ1v) is 7.98. The van der Waals surface area contributed by atoms with Gasteiger partial charge in [-0.1, -0.05) is 12.1 Å². The third kappa shape index (κ3) is 2.49. The highest BCUT2D eigenvalue weighted by atomic mass is 16.5. The Hall–Kier alpha value is -2.91. The van der Waals surface area contributed by atoms with E-state index < -0.39 is 0 Å². The van der Waals surface area contributed by atoms with Crippen molar-refractivity contribution in [2.75, 3.05) is 13.1 Å². The number of aryl methyl sites for hydroxylation is 1. The highest BCUT2D eigenvalue weighted by molar-refractivity contribution is 5.97. The standard InChI is InChI=1S/C18H17N5O/c1-11-18(24-13-5-6-20-8-13)22-10-16(23-11)15-9-21-17-12(7-19)3-2-4-14(15)17/h2-4,9-10,13,20-21H,5-6,8H2,1H3. The molecule has 0 amide bonds. The summed E-state index contributed by atoms with van der Waals surface area (Å²) >= 11 is 0. The van der Waals surface area contributed by atoms with Gasteiger partial charge >= 0.3 is 0 Å². The van der Waals surface area contributed by atoms with Crippen molar-refractivity contribution in [3.8, 4) is 23.2 Å². The lowest BCUT2D eigenvalue weighted by molar-refractivity contribution is 0.211. The maximum atomic E-state index is 9.21. The number of nitrogens with zero attached hydrogens (tertiary/aromatic N) is 3. The van der Waals surface area contributed by atoms with Crippen molar-refractivity contribution in [1.82, 2.24) is 20.3 Å². The second kappa shape index (κ2) is 5.95. The van der Waals surface area contributed by atoms with Gasteiger partial charge in [0.25, 0.3) is 0 Å². The molecule has 1 atom stereocenters. The number of nitriles is 1. The van der Waals surface area contributed by atoms with Crippen molar-refractivity contribution in [1.29, 1.82) is 5.26 Å². The number of aromatic nitrogens is 3. The molecule has 2 aromatic heterocycles. The summed E-state index contributed by atoms with van der Waals surface area (Å²) in [6, 6.07) is 7.86. The first kappa shape index (κ1) is 14.7. The summed E-state index contributed by atoms with van der Waals surface area (Å²) in [5.41, 5.74) is 3.92. The molecule has 6 heteroatoms. The van der Waals surface area contributed by atoms with E-state index in [2.05, 4.69) is 26.3 Å². The van der Waals surface area contributed by atoms with Crippen LogP contribution in [0.1, 0.15) is 17.7 Å². The van der Waals surface area contributed by atoms with Crippen LogP contribution in [-0.2, 0) is 0 Å². The molecule has 1 saturated heterocycles. The fourth-order valence-corrected chi connectivity index (χ4v) is 3.06. The van der Waals surface area contributed by atoms with Gasteiger partial charge in [-0.25, -0.2) is 9.97 Å². The Morgan fingerprint density at radius 1 is 1.38 bits per heavy atom. The van der Waals surface area contributed by atoms with Crippen LogP contribution in [-0.4, -0.2) is 34.1 Å². The molecular weight excluding hydrogens is 302 g/mol. The molecule has 0 spiro atoms. The molecule has 6 nitrogen and oxygen atoms in total. The summed E-state index contributed by atoms with van der Waals surface area (Å²) in [4.78, 5) is 12.3. The summed E-state index contributed by atoms with van der Waals surface area (Å²) in [6.07, 6.45) is 4.75. The number of ether oxygens (including phenoxy) is 1. The van der Waals surface area contributed by atoms with Crippen molar-refractivity contribution in [3.05, 3.63) is 41.9 Å². The molecule has 0 bridgehead atoms. The average molecular weight is 319 g/mol. The highest BCUT2D eigenvalue weighted by Gasteiger charge is 2.19. The fourth-order valence-electron chi connectivity index (χ4n) is 3.06. The van der Waals surface area contributed by atoms with Crippen LogP contribution in [0.5, 0.6) is 5.88 Å². The number of para-hydroxylation sites is 1. The molecule has 1 aliphatic heterocycles. The molecule has 3 aromatic rings. The molecule has 2 N–H and O–H groups in total. The fraction of sp³-hybridized carbons (Fsp3) is 0.278. The van der Waals surface area contributed by atoms with E-state index in [1.165, 1.54) is 0 Å². The Morgan fingerprint density at radius 2 is 2.29 bits per heavy atom. The first-order valence-electron chi connectivity index (χ1n) is 7.98. The van der Waals surface area contributed by atoms with Crippen molar-refractivity contribution in [2.45, 2.75) is 19.4 Å². The van der Waals surface area contributed by atoms with Crippen molar-refractivity contribution >= 4 is 10.9 Å². The van der Waals surface area contributed by atoms with Gasteiger partial charge in [-0.3, -0.25) is 0 Å². The second-order valence-electron chi connectivity index (χ2n) is 5.92. The lowest BCUT2D eigenvalue weighted by Crippen LogP contribution is -2.20. The van der Waals surface area contributed by atoms with Gasteiger partial charge in [0.2, 0.25) is 5.88 Å². The Balaban J connectivity index is 1.70. The highest BCUT2D eigenvalue weighted by Crippen LogP contribution is 2.30. The van der Waals surface area contributed by atoms with E-state index in [0.717, 1.165) is 47.4 Å². The molecule has 0 aliphatic carbocycles. The van der Waals surface area contributed by atoms with Crippen LogP contribution in [0.25, 0.3) is 22.2 Å². The molecule has 1 unspecified atom stereocenters. The molecule has 1 aromatic carbocycles. The van der Waals surface area contributed by atoms with E-state index in [-0.39, 0.29) is 6.10 Å². The van der Waals surface area contributed by atoms with E-state index in [9.17, 15) is 5.26 Å². The zero-order chi connectivity index (χ0) is 16.5. The number of benzene rings is 1. The number of hydrogen-bond donors (Lipinski definition) is 2. The topological polar surface area (TPSA) is 86.6 Å². The van der Waals surface area contributed by atoms with Gasteiger partial charge in [-0.15, -0.1) is 0 Å². The molecule has 4 rings (SSSR count). The SMILES string of the molecule is Cc1nc(-c2c[nH]c3c(C#N)cccc23)cnc1OC1CCNC1. The molecule has 1 fully saturated rings. The first-order chi connectivity index (χ1) is 11.8. The zero-order valence-electron chi connectivity index (χ0n) is 13.3. The number of aromatic amines is 1. The summed E-state index contributed by atoms with van der Waals surface area (Å²) in [5.74, 6) is 0.588. The van der Waals surface area contributed by atoms with Crippen LogP contribution in [0.3, 0.4) is 0 Å². The molecule has 0 radical (unpaired) electrons. The van der Waals surface area contributed by atoms with Crippen LogP contribution in [0.15, 0.2) is 30.6 Å². The molecule has 0 saturated carbocycles. The average Bonchev–Trinajstić information content (AvgIpc) is 3.26. The summed E-state index contributed by atoms with van der Waals surface area (Å²) in [6.45, 7) is 3.73. The van der Waals surface area contributed by atoms with Gasteiger partial charge in [0.15, 0.2) is 0 Å². The van der Waals surface area contributed by atoms with Crippen LogP contribution in [0.4, 0.5) is 0 Å². The monoisotopic (exact) mass is 319 g/mol. The maximum Gasteiger partial charge on any atom is 0.235 e. The van der Waals surface area contributed by atoms with Gasteiger partial charge < -0.3 is 15.0 Å². The van der Waals surface area contributed by atoms with Gasteiger partial charge in [0.05, 0.1) is 23.0 Å². The van der Waals surface area contributed by atoms with Gasteiger partial charge in [0.1, 0.15) is 17.9 Å². The third-order valence-corrected chi connectivity index (χ3v) is 4.31. The van der Waals surface area contributed by atoms with Gasteiger partial charge in [-0.2, -0.15) is 5.26 Å². The van der Waals surface area contributed by atoms with Crippen molar-refractivity contribution in [3.63, 3.8) is 0 Å². The number of rotatable bonds is 3. The van der Waals surface area contributed by atoms with E-state index in [1.807, 2.05) is 25.3 Å². The number of hydrogen-bond acceptors (Lipinski definition) is 5. The largest absolute Gasteiger partial charge is 0.472 e. The van der Waals surface area contributed by atoms with E-state index in [0.29, 0.717) is 11.4 Å². The summed E-state index contributed by atoms with van der Waals surface area (Å²) in [7, 11) is 0. The normalized spacial score (nSPS) is 17.1. The smallest absolute Gasteiger partial charge is 0.235 e. The zero-order valence-corrected chi connectivity index (χ0v) is 13.3. The number of fused-ring (bicyclic) bond motifs is 1. The summed E-state index contributed by atoms with van der Waals surface area (Å²) in [5, 5.41) is 13.5. The minimum atomic E-state index is 0.162. The predicted molar refractivity (Wildman–Crippen MR) is 90.7 cm³/mol. The van der Waals surface area contributed by atoms with Crippen molar-refractivity contribution in [2.24, 2.45) is 0 Å². The van der Waals surface area contributed by atoms with Crippen LogP contribution >= 0.6 is 0 Å². The second-order valence-corrected chi connectivity index (χ2v) is 5.92. The molecule has 3 heterocycles. The Labute approximate surface area is 139 Å². The lowest BCUT2D eigenvalue weighted by Gasteiger charge is -2.13. The Kier molecular flexibility index (Phi) is 3.63. The van der Waals surface area contributed by atoms with E-state index in [4.69, 9.17) is 4.74 Å². The van der Waals surface area contributed by atoms with E-state index in [1.54, 1.807) is 12.3 Å². The maximum absolute atomic E-state index is 9.21. The molecular formula is C18H17N5O. The number of H-pyrrole nitrogens is 1. The number of nitrogens with one attached hydrogen (secondary N) is 2. The molecule has 120 valence electrons. The predicted octanol–water partition coefficient (Wildman–Crippen LogP) is 2.55. The van der Waals surface area contributed by atoms with Crippen LogP contribution < -0.4 is 10.1 Å². The Bertz CT molecular complexity index is 934. The third-order valence-electron chi connectivity index (χ3n) is 4.31. The molecule has 1 aliphatic rings. The van der Waals surface area contributed by atoms with Crippen molar-refractivity contribution < 1.29 is 4.74 Å². The minimum Gasteiger partial charge on any atom is -0.472 e. The van der Waals surface area contributed by atoms with Crippen LogP contribution in [0.2, 0.25) is 0 Å². The minimum absolute atomic E-state index is 0.162. The summed E-state index contributed by atoms with van der Waals surface area (Å²) < 4.78 is 5.92. The Morgan fingerprint density at radius 3 is 3.04 bits per heavy atom. The van der Waals surface area contributed by atoms with Gasteiger partial charge in [0, 0.05) is 23.7 Å². The van der Waals surface area contributed by atoms with Gasteiger partial charge in [-0.05, 0) is 26.0 Å². The molecule has 24 heavy (non-hydrogen) atoms. The lowest BCUT2D eigenvalue weighted by atomic mass is 10.1.